The Bertz CT molecular complexity index is 366. The van der Waals surface area contributed by atoms with Crippen LogP contribution < -0.4 is 5.32 Å². The summed E-state index contributed by atoms with van der Waals surface area (Å²) in [4.78, 5) is 6.83. The lowest BCUT2D eigenvalue weighted by atomic mass is 10.0. The van der Waals surface area contributed by atoms with Gasteiger partial charge < -0.3 is 9.88 Å². The molecule has 19 heavy (non-hydrogen) atoms. The van der Waals surface area contributed by atoms with Gasteiger partial charge in [-0.05, 0) is 40.2 Å². The van der Waals surface area contributed by atoms with Crippen LogP contribution in [0.5, 0.6) is 0 Å². The van der Waals surface area contributed by atoms with E-state index in [-0.39, 0.29) is 0 Å². The smallest absolute Gasteiger partial charge is 0.0948 e. The molecule has 4 nitrogen and oxygen atoms in total. The van der Waals surface area contributed by atoms with Crippen molar-refractivity contribution in [3.63, 3.8) is 0 Å². The van der Waals surface area contributed by atoms with Crippen molar-refractivity contribution in [3.8, 4) is 0 Å². The van der Waals surface area contributed by atoms with Crippen molar-refractivity contribution >= 4 is 0 Å². The molecule has 1 aromatic rings. The Balaban J connectivity index is 1.95. The highest BCUT2D eigenvalue weighted by molar-refractivity contribution is 4.99. The molecule has 0 saturated carbocycles. The molecule has 0 radical (unpaired) electrons. The van der Waals surface area contributed by atoms with Crippen molar-refractivity contribution < 1.29 is 0 Å². The van der Waals surface area contributed by atoms with E-state index < -0.39 is 0 Å². The molecule has 1 unspecified atom stereocenters. The Hall–Kier alpha value is -0.870. The van der Waals surface area contributed by atoms with Crippen LogP contribution in [0.3, 0.4) is 0 Å². The average Bonchev–Trinajstić information content (AvgIpc) is 2.86. The lowest BCUT2D eigenvalue weighted by Gasteiger charge is -2.33. The first kappa shape index (κ1) is 14.5. The minimum Gasteiger partial charge on any atom is -0.334 e. The molecule has 1 saturated heterocycles. The summed E-state index contributed by atoms with van der Waals surface area (Å²) in [5.41, 5.74) is 1.33. The number of piperidine rings is 1. The van der Waals surface area contributed by atoms with Gasteiger partial charge in [0.2, 0.25) is 0 Å². The van der Waals surface area contributed by atoms with E-state index in [1.165, 1.54) is 31.5 Å². The second-order valence-corrected chi connectivity index (χ2v) is 5.84. The van der Waals surface area contributed by atoms with Crippen LogP contribution in [-0.4, -0.2) is 39.6 Å². The van der Waals surface area contributed by atoms with Crippen LogP contribution in [0.4, 0.5) is 0 Å². The van der Waals surface area contributed by atoms with Gasteiger partial charge in [-0.1, -0.05) is 6.42 Å². The summed E-state index contributed by atoms with van der Waals surface area (Å²) in [5, 5.41) is 3.65. The number of hydrogen-bond acceptors (Lipinski definition) is 3. The summed E-state index contributed by atoms with van der Waals surface area (Å²) in [6.07, 6.45) is 7.97. The fourth-order valence-electron chi connectivity index (χ4n) is 2.79. The lowest BCUT2D eigenvalue weighted by Crippen LogP contribution is -2.45. The first-order valence-electron chi connectivity index (χ1n) is 7.67. The molecular weight excluding hydrogens is 236 g/mol. The molecule has 4 heteroatoms. The van der Waals surface area contributed by atoms with Crippen molar-refractivity contribution in [2.24, 2.45) is 0 Å². The van der Waals surface area contributed by atoms with E-state index in [2.05, 4.69) is 40.5 Å². The fraction of sp³-hybridized carbons (Fsp3) is 0.800. The zero-order valence-electron chi connectivity index (χ0n) is 12.6. The third kappa shape index (κ3) is 4.05. The lowest BCUT2D eigenvalue weighted by molar-refractivity contribution is 0.173. The van der Waals surface area contributed by atoms with Gasteiger partial charge in [0.15, 0.2) is 0 Å². The third-order valence-electron chi connectivity index (χ3n) is 4.10. The molecule has 0 bridgehead atoms. The second kappa shape index (κ2) is 7.06. The average molecular weight is 264 g/mol. The predicted octanol–water partition coefficient (Wildman–Crippen LogP) is 2.26. The Kier molecular flexibility index (Phi) is 5.40. The number of hydrogen-bond donors (Lipinski definition) is 1. The number of nitrogens with zero attached hydrogens (tertiary/aromatic N) is 3. The zero-order valence-corrected chi connectivity index (χ0v) is 12.6. The van der Waals surface area contributed by atoms with Crippen LogP contribution in [-0.2, 0) is 13.1 Å². The van der Waals surface area contributed by atoms with E-state index in [4.69, 9.17) is 0 Å². The summed E-state index contributed by atoms with van der Waals surface area (Å²) >= 11 is 0. The van der Waals surface area contributed by atoms with Crippen LogP contribution in [0.15, 0.2) is 12.5 Å². The maximum absolute atomic E-state index is 4.27. The van der Waals surface area contributed by atoms with E-state index >= 15 is 0 Å². The summed E-state index contributed by atoms with van der Waals surface area (Å²) in [6, 6.07) is 1.23. The van der Waals surface area contributed by atoms with Crippen molar-refractivity contribution in [3.05, 3.63) is 18.2 Å². The van der Waals surface area contributed by atoms with Crippen LogP contribution in [0.2, 0.25) is 0 Å². The number of rotatable bonds is 6. The third-order valence-corrected chi connectivity index (χ3v) is 4.10. The Morgan fingerprint density at radius 1 is 1.47 bits per heavy atom. The topological polar surface area (TPSA) is 33.1 Å². The monoisotopic (exact) mass is 264 g/mol. The van der Waals surface area contributed by atoms with Gasteiger partial charge in [0.05, 0.1) is 12.0 Å². The largest absolute Gasteiger partial charge is 0.334 e. The van der Waals surface area contributed by atoms with Crippen molar-refractivity contribution in [1.29, 1.82) is 0 Å². The molecule has 1 fully saturated rings. The van der Waals surface area contributed by atoms with Gasteiger partial charge in [-0.15, -0.1) is 0 Å². The van der Waals surface area contributed by atoms with Gasteiger partial charge in [0.25, 0.3) is 0 Å². The highest BCUT2D eigenvalue weighted by Gasteiger charge is 2.19. The summed E-state index contributed by atoms with van der Waals surface area (Å²) in [7, 11) is 0. The molecule has 2 rings (SSSR count). The quantitative estimate of drug-likeness (QED) is 0.855. The molecule has 0 spiro atoms. The number of aryl methyl sites for hydroxylation is 1. The summed E-state index contributed by atoms with van der Waals surface area (Å²) in [6.45, 7) is 11.1. The summed E-state index contributed by atoms with van der Waals surface area (Å²) < 4.78 is 2.24. The first-order valence-corrected chi connectivity index (χ1v) is 7.67. The molecule has 1 N–H and O–H groups in total. The molecule has 1 atom stereocenters. The van der Waals surface area contributed by atoms with Gasteiger partial charge in [0, 0.05) is 37.9 Å². The van der Waals surface area contributed by atoms with E-state index in [1.807, 2.05) is 12.5 Å². The maximum atomic E-state index is 4.27. The SMILES string of the molecule is CCn1cncc1CN(CC1CCCCN1)C(C)C. The van der Waals surface area contributed by atoms with E-state index in [0.717, 1.165) is 19.6 Å². The zero-order chi connectivity index (χ0) is 13.7. The Morgan fingerprint density at radius 2 is 2.32 bits per heavy atom. The molecule has 1 aromatic heterocycles. The minimum absolute atomic E-state index is 0.573. The molecule has 0 aliphatic carbocycles. The molecule has 0 amide bonds. The van der Waals surface area contributed by atoms with Gasteiger partial charge in [-0.25, -0.2) is 4.98 Å². The van der Waals surface area contributed by atoms with E-state index in [0.29, 0.717) is 12.1 Å². The van der Waals surface area contributed by atoms with E-state index in [9.17, 15) is 0 Å². The number of nitrogens with one attached hydrogen (secondary N) is 1. The molecule has 2 heterocycles. The highest BCUT2D eigenvalue weighted by atomic mass is 15.2. The standard InChI is InChI=1S/C15H28N4/c1-4-18-12-16-9-15(18)11-19(13(2)3)10-14-7-5-6-8-17-14/h9,12-14,17H,4-8,10-11H2,1-3H3. The van der Waals surface area contributed by atoms with Gasteiger partial charge in [-0.2, -0.15) is 0 Å². The molecule has 0 aromatic carbocycles. The van der Waals surface area contributed by atoms with Gasteiger partial charge >= 0.3 is 0 Å². The number of aromatic nitrogens is 2. The van der Waals surface area contributed by atoms with Crippen molar-refractivity contribution in [1.82, 2.24) is 19.8 Å². The van der Waals surface area contributed by atoms with Gasteiger partial charge in [0.1, 0.15) is 0 Å². The van der Waals surface area contributed by atoms with Crippen molar-refractivity contribution in [2.45, 2.75) is 65.2 Å². The highest BCUT2D eigenvalue weighted by Crippen LogP contribution is 2.13. The second-order valence-electron chi connectivity index (χ2n) is 5.84. The molecule has 1 aliphatic rings. The van der Waals surface area contributed by atoms with Crippen LogP contribution in [0, 0.1) is 0 Å². The number of imidazole rings is 1. The minimum atomic E-state index is 0.573. The Morgan fingerprint density at radius 3 is 2.95 bits per heavy atom. The molecule has 1 aliphatic heterocycles. The Labute approximate surface area is 117 Å². The van der Waals surface area contributed by atoms with Crippen LogP contribution in [0.25, 0.3) is 0 Å². The molecular formula is C15H28N4. The van der Waals surface area contributed by atoms with Crippen LogP contribution >= 0.6 is 0 Å². The normalized spacial score (nSPS) is 20.4. The first-order chi connectivity index (χ1) is 9.20. The predicted molar refractivity (Wildman–Crippen MR) is 79.1 cm³/mol. The van der Waals surface area contributed by atoms with Gasteiger partial charge in [-0.3, -0.25) is 4.90 Å². The van der Waals surface area contributed by atoms with Crippen molar-refractivity contribution in [2.75, 3.05) is 13.1 Å². The molecule has 108 valence electrons. The van der Waals surface area contributed by atoms with E-state index in [1.54, 1.807) is 0 Å². The summed E-state index contributed by atoms with van der Waals surface area (Å²) in [5.74, 6) is 0. The maximum Gasteiger partial charge on any atom is 0.0948 e. The van der Waals surface area contributed by atoms with Crippen LogP contribution in [0.1, 0.15) is 45.7 Å². The fourth-order valence-corrected chi connectivity index (χ4v) is 2.79.